The first-order valence-electron chi connectivity index (χ1n) is 7.61. The first-order chi connectivity index (χ1) is 10.5. The Kier molecular flexibility index (Phi) is 3.68. The molecule has 0 atom stereocenters. The number of benzene rings is 1. The van der Waals surface area contributed by atoms with Crippen molar-refractivity contribution in [1.29, 1.82) is 5.41 Å². The quantitative estimate of drug-likeness (QED) is 0.588. The molecule has 0 unspecified atom stereocenters. The molecule has 1 fully saturated rings. The Balaban J connectivity index is 1.80. The monoisotopic (exact) mass is 302 g/mol. The Bertz CT molecular complexity index is 714. The van der Waals surface area contributed by atoms with Gasteiger partial charge in [0, 0.05) is 37.6 Å². The lowest BCUT2D eigenvalue weighted by molar-refractivity contribution is 0.127. The minimum atomic E-state index is 0.0716. The first kappa shape index (κ1) is 14.7. The van der Waals surface area contributed by atoms with Crippen molar-refractivity contribution < 1.29 is 9.84 Å². The van der Waals surface area contributed by atoms with Gasteiger partial charge in [0.2, 0.25) is 0 Å². The van der Waals surface area contributed by atoms with Gasteiger partial charge >= 0.3 is 0 Å². The van der Waals surface area contributed by atoms with Crippen LogP contribution in [0.4, 0.5) is 0 Å². The maximum Gasteiger partial charge on any atom is 0.163 e. The zero-order valence-electron chi connectivity index (χ0n) is 13.2. The molecule has 2 heterocycles. The van der Waals surface area contributed by atoms with E-state index in [-0.39, 0.29) is 11.9 Å². The van der Waals surface area contributed by atoms with Crippen LogP contribution in [-0.4, -0.2) is 45.0 Å². The number of hydrogen-bond acceptors (Lipinski definition) is 4. The number of H-pyrrole nitrogens is 1. The van der Waals surface area contributed by atoms with Gasteiger partial charge in [0.15, 0.2) is 11.5 Å². The molecule has 0 spiro atoms. The minimum Gasteiger partial charge on any atom is -0.504 e. The molecule has 3 N–H and O–H groups in total. The van der Waals surface area contributed by atoms with Crippen LogP contribution in [0, 0.1) is 19.3 Å². The highest BCUT2D eigenvalue weighted by atomic mass is 16.5. The van der Waals surface area contributed by atoms with E-state index in [2.05, 4.69) is 9.97 Å². The summed E-state index contributed by atoms with van der Waals surface area (Å²) >= 11 is 0. The predicted octanol–water partition coefficient (Wildman–Crippen LogP) is 2.73. The summed E-state index contributed by atoms with van der Waals surface area (Å²) in [6.45, 7) is 7.21. The molecule has 2 aromatic rings. The van der Waals surface area contributed by atoms with Gasteiger partial charge in [0.05, 0.1) is 16.9 Å². The molecule has 22 heavy (non-hydrogen) atoms. The normalized spacial score (nSPS) is 16.2. The van der Waals surface area contributed by atoms with Gasteiger partial charge in [-0.2, -0.15) is 0 Å². The van der Waals surface area contributed by atoms with Crippen molar-refractivity contribution in [2.24, 2.45) is 0 Å². The van der Waals surface area contributed by atoms with E-state index in [1.54, 1.807) is 0 Å². The Morgan fingerprint density at radius 1 is 1.41 bits per heavy atom. The maximum atomic E-state index is 10.4. The van der Waals surface area contributed by atoms with E-state index in [0.717, 1.165) is 48.4 Å². The molecule has 0 amide bonds. The number of rotatable bonds is 2. The summed E-state index contributed by atoms with van der Waals surface area (Å²) < 4.78 is 6.02. The van der Waals surface area contributed by atoms with Crippen LogP contribution >= 0.6 is 0 Å². The van der Waals surface area contributed by atoms with Crippen LogP contribution in [0.2, 0.25) is 0 Å². The van der Waals surface area contributed by atoms with E-state index in [1.165, 1.54) is 0 Å². The van der Waals surface area contributed by atoms with Gasteiger partial charge in [0.1, 0.15) is 11.9 Å². The Hall–Kier alpha value is -2.24. The molecule has 1 aromatic carbocycles. The highest BCUT2D eigenvalue weighted by molar-refractivity contribution is 5.83. The van der Waals surface area contributed by atoms with Crippen molar-refractivity contribution in [2.45, 2.75) is 39.7 Å². The lowest BCUT2D eigenvalue weighted by Gasteiger charge is -2.33. The SMILES string of the molecule is CC(=N)N1CCC(Oc2cc3[nH]c(C)nc3c(C)c2O)CC1. The zero-order chi connectivity index (χ0) is 15.9. The molecular weight excluding hydrogens is 280 g/mol. The number of piperidine rings is 1. The van der Waals surface area contributed by atoms with Gasteiger partial charge in [-0.25, -0.2) is 4.98 Å². The van der Waals surface area contributed by atoms with E-state index in [9.17, 15) is 5.11 Å². The van der Waals surface area contributed by atoms with Crippen LogP contribution in [0.3, 0.4) is 0 Å². The summed E-state index contributed by atoms with van der Waals surface area (Å²) in [7, 11) is 0. The van der Waals surface area contributed by atoms with Crippen LogP contribution in [0.5, 0.6) is 11.5 Å². The number of aromatic nitrogens is 2. The highest BCUT2D eigenvalue weighted by Crippen LogP contribution is 2.36. The third-order valence-electron chi connectivity index (χ3n) is 4.28. The first-order valence-corrected chi connectivity index (χ1v) is 7.61. The second-order valence-electron chi connectivity index (χ2n) is 5.96. The lowest BCUT2D eigenvalue weighted by Crippen LogP contribution is -2.40. The predicted molar refractivity (Wildman–Crippen MR) is 85.9 cm³/mol. The number of imidazole rings is 1. The van der Waals surface area contributed by atoms with Crippen molar-refractivity contribution in [2.75, 3.05) is 13.1 Å². The minimum absolute atomic E-state index is 0.0716. The molecule has 3 rings (SSSR count). The number of nitrogens with one attached hydrogen (secondary N) is 2. The number of aryl methyl sites for hydroxylation is 2. The number of phenols is 1. The van der Waals surface area contributed by atoms with Gasteiger partial charge in [0.25, 0.3) is 0 Å². The average Bonchev–Trinajstić information content (AvgIpc) is 2.86. The smallest absolute Gasteiger partial charge is 0.163 e. The van der Waals surface area contributed by atoms with Gasteiger partial charge in [-0.15, -0.1) is 0 Å². The lowest BCUT2D eigenvalue weighted by atomic mass is 10.1. The molecule has 118 valence electrons. The number of nitrogens with zero attached hydrogens (tertiary/aromatic N) is 2. The fourth-order valence-electron chi connectivity index (χ4n) is 2.98. The number of aromatic hydroxyl groups is 1. The molecule has 6 heteroatoms. The van der Waals surface area contributed by atoms with Crippen LogP contribution in [0.25, 0.3) is 11.0 Å². The molecular formula is C16H22N4O2. The number of amidine groups is 1. The molecule has 6 nitrogen and oxygen atoms in total. The van der Waals surface area contributed by atoms with Crippen LogP contribution in [-0.2, 0) is 0 Å². The molecule has 0 radical (unpaired) electrons. The molecule has 0 bridgehead atoms. The standard InChI is InChI=1S/C16H22N4O2/c1-9-15-13(18-11(3)19-15)8-14(16(9)21)22-12-4-6-20(7-5-12)10(2)17/h8,12,17,21H,4-7H2,1-3H3,(H,18,19). The molecule has 1 saturated heterocycles. The number of aromatic amines is 1. The van der Waals surface area contributed by atoms with Gasteiger partial charge < -0.3 is 19.7 Å². The van der Waals surface area contributed by atoms with E-state index in [0.29, 0.717) is 11.6 Å². The van der Waals surface area contributed by atoms with Crippen molar-refractivity contribution >= 4 is 16.9 Å². The number of ether oxygens (including phenoxy) is 1. The summed E-state index contributed by atoms with van der Waals surface area (Å²) in [4.78, 5) is 9.62. The topological polar surface area (TPSA) is 85.2 Å². The summed E-state index contributed by atoms with van der Waals surface area (Å²) in [5, 5.41) is 18.0. The molecule has 0 aliphatic carbocycles. The maximum absolute atomic E-state index is 10.4. The third-order valence-corrected chi connectivity index (χ3v) is 4.28. The number of hydrogen-bond donors (Lipinski definition) is 3. The second kappa shape index (κ2) is 5.51. The third kappa shape index (κ3) is 2.61. The van der Waals surface area contributed by atoms with E-state index >= 15 is 0 Å². The Labute approximate surface area is 129 Å². The number of fused-ring (bicyclic) bond motifs is 1. The molecule has 1 aliphatic heterocycles. The van der Waals surface area contributed by atoms with Gasteiger partial charge in [-0.05, 0) is 20.8 Å². The van der Waals surface area contributed by atoms with E-state index in [1.807, 2.05) is 31.7 Å². The van der Waals surface area contributed by atoms with Crippen LogP contribution < -0.4 is 4.74 Å². The summed E-state index contributed by atoms with van der Waals surface area (Å²) in [5.41, 5.74) is 2.41. The fraction of sp³-hybridized carbons (Fsp3) is 0.500. The number of likely N-dealkylation sites (tertiary alicyclic amines) is 1. The van der Waals surface area contributed by atoms with Crippen molar-refractivity contribution in [1.82, 2.24) is 14.9 Å². The van der Waals surface area contributed by atoms with Crippen molar-refractivity contribution in [3.8, 4) is 11.5 Å². The van der Waals surface area contributed by atoms with Gasteiger partial charge in [-0.3, -0.25) is 5.41 Å². The molecule has 0 saturated carbocycles. The largest absolute Gasteiger partial charge is 0.504 e. The zero-order valence-corrected chi connectivity index (χ0v) is 13.2. The van der Waals surface area contributed by atoms with E-state index in [4.69, 9.17) is 10.1 Å². The summed E-state index contributed by atoms with van der Waals surface area (Å²) in [6, 6.07) is 1.83. The highest BCUT2D eigenvalue weighted by Gasteiger charge is 2.23. The summed E-state index contributed by atoms with van der Waals surface area (Å²) in [5.74, 6) is 2.11. The van der Waals surface area contributed by atoms with Crippen molar-refractivity contribution in [3.63, 3.8) is 0 Å². The Morgan fingerprint density at radius 2 is 2.09 bits per heavy atom. The van der Waals surface area contributed by atoms with Gasteiger partial charge in [-0.1, -0.05) is 0 Å². The average molecular weight is 302 g/mol. The molecule has 1 aromatic heterocycles. The molecule has 1 aliphatic rings. The van der Waals surface area contributed by atoms with Crippen molar-refractivity contribution in [3.05, 3.63) is 17.5 Å². The van der Waals surface area contributed by atoms with Crippen LogP contribution in [0.1, 0.15) is 31.2 Å². The summed E-state index contributed by atoms with van der Waals surface area (Å²) in [6.07, 6.45) is 1.78. The fourth-order valence-corrected chi connectivity index (χ4v) is 2.98. The second-order valence-corrected chi connectivity index (χ2v) is 5.96. The van der Waals surface area contributed by atoms with E-state index < -0.39 is 0 Å². The Morgan fingerprint density at radius 3 is 2.73 bits per heavy atom. The van der Waals surface area contributed by atoms with Crippen LogP contribution in [0.15, 0.2) is 6.07 Å². The number of phenolic OH excluding ortho intramolecular Hbond substituents is 1.